The minimum Gasteiger partial charge on any atom is -0.496 e. The average molecular weight is 442 g/mol. The number of halogens is 1. The number of ether oxygens (including phenoxy) is 2. The monoisotopic (exact) mass is 441 g/mol. The first kappa shape index (κ1) is 20.4. The Morgan fingerprint density at radius 1 is 1.34 bits per heavy atom. The van der Waals surface area contributed by atoms with Gasteiger partial charge in [-0.15, -0.1) is 0 Å². The van der Waals surface area contributed by atoms with E-state index in [0.717, 1.165) is 18.2 Å². The molecule has 0 aromatic heterocycles. The van der Waals surface area contributed by atoms with Crippen molar-refractivity contribution < 1.29 is 32.4 Å². The predicted molar refractivity (Wildman–Crippen MR) is 99.9 cm³/mol. The maximum absolute atomic E-state index is 12.7. The third-order valence-corrected chi connectivity index (χ3v) is 5.62. The molecule has 2 aromatic carbocycles. The van der Waals surface area contributed by atoms with E-state index in [1.807, 2.05) is 0 Å². The van der Waals surface area contributed by atoms with Gasteiger partial charge in [0.05, 0.1) is 28.3 Å². The summed E-state index contributed by atoms with van der Waals surface area (Å²) in [5, 5.41) is 13.1. The average Bonchev–Trinajstić information content (AvgIpc) is 2.66. The van der Waals surface area contributed by atoms with Gasteiger partial charge in [-0.3, -0.25) is 19.7 Å². The van der Waals surface area contributed by atoms with Crippen molar-refractivity contribution in [2.75, 3.05) is 19.0 Å². The molecule has 0 saturated heterocycles. The van der Waals surface area contributed by atoms with Crippen molar-refractivity contribution in [3.63, 3.8) is 0 Å². The highest BCUT2D eigenvalue weighted by Crippen LogP contribution is 2.35. The Labute approximate surface area is 168 Å². The number of carbonyl (C=O) groups excluding carboxylic acids is 2. The van der Waals surface area contributed by atoms with Crippen LogP contribution < -0.4 is 19.5 Å². The number of non-ortho nitro benzene ring substituents is 1. The van der Waals surface area contributed by atoms with E-state index in [9.17, 15) is 28.1 Å². The number of nitro benzene ring substituents is 1. The van der Waals surface area contributed by atoms with Crippen LogP contribution in [0.15, 0.2) is 35.2 Å². The molecular formula is C16H12ClN3O8S. The SMILES string of the molecule is COc1ccc([N+](=O)[O-])cc1C(=O)NS(=O)(=O)c1cc2c(cc1Cl)NC(=O)CO2. The highest BCUT2D eigenvalue weighted by Gasteiger charge is 2.28. The number of hydrogen-bond donors (Lipinski definition) is 2. The van der Waals surface area contributed by atoms with Crippen molar-refractivity contribution in [3.8, 4) is 11.5 Å². The number of anilines is 1. The molecule has 2 aromatic rings. The number of nitro groups is 1. The van der Waals surface area contributed by atoms with Gasteiger partial charge in [0.2, 0.25) is 0 Å². The summed E-state index contributed by atoms with van der Waals surface area (Å²) in [6, 6.07) is 5.38. The van der Waals surface area contributed by atoms with Crippen molar-refractivity contribution in [1.82, 2.24) is 4.72 Å². The third-order valence-electron chi connectivity index (χ3n) is 3.82. The van der Waals surface area contributed by atoms with Crippen LogP contribution in [0, 0.1) is 10.1 Å². The summed E-state index contributed by atoms with van der Waals surface area (Å²) in [5.41, 5.74) is -0.607. The van der Waals surface area contributed by atoms with Crippen LogP contribution in [0.1, 0.15) is 10.4 Å². The highest BCUT2D eigenvalue weighted by molar-refractivity contribution is 7.90. The third kappa shape index (κ3) is 4.07. The fourth-order valence-corrected chi connectivity index (χ4v) is 4.02. The molecular weight excluding hydrogens is 430 g/mol. The second-order valence-electron chi connectivity index (χ2n) is 5.69. The normalized spacial score (nSPS) is 13.0. The van der Waals surface area contributed by atoms with Gasteiger partial charge < -0.3 is 14.8 Å². The molecule has 0 unspecified atom stereocenters. The molecule has 0 atom stereocenters. The molecule has 0 saturated carbocycles. The number of nitrogens with zero attached hydrogens (tertiary/aromatic N) is 1. The molecule has 0 spiro atoms. The van der Waals surface area contributed by atoms with Gasteiger partial charge in [0.15, 0.2) is 6.61 Å². The van der Waals surface area contributed by atoms with Gasteiger partial charge in [0.25, 0.3) is 27.5 Å². The smallest absolute Gasteiger partial charge is 0.270 e. The van der Waals surface area contributed by atoms with Crippen LogP contribution >= 0.6 is 11.6 Å². The molecule has 152 valence electrons. The Hall–Kier alpha value is -3.38. The van der Waals surface area contributed by atoms with Gasteiger partial charge >= 0.3 is 0 Å². The summed E-state index contributed by atoms with van der Waals surface area (Å²) in [6.45, 7) is -0.314. The van der Waals surface area contributed by atoms with Crippen molar-refractivity contribution >= 4 is 44.8 Å². The van der Waals surface area contributed by atoms with Gasteiger partial charge in [0, 0.05) is 18.2 Å². The van der Waals surface area contributed by atoms with E-state index in [1.165, 1.54) is 19.2 Å². The van der Waals surface area contributed by atoms with Crippen LogP contribution in [-0.4, -0.2) is 38.9 Å². The van der Waals surface area contributed by atoms with Crippen LogP contribution in [0.4, 0.5) is 11.4 Å². The quantitative estimate of drug-likeness (QED) is 0.525. The number of benzene rings is 2. The van der Waals surface area contributed by atoms with Crippen LogP contribution in [-0.2, 0) is 14.8 Å². The number of nitrogens with one attached hydrogen (secondary N) is 2. The molecule has 1 heterocycles. The Morgan fingerprint density at radius 2 is 2.07 bits per heavy atom. The predicted octanol–water partition coefficient (Wildman–Crippen LogP) is 1.71. The lowest BCUT2D eigenvalue weighted by Crippen LogP contribution is -2.31. The summed E-state index contributed by atoms with van der Waals surface area (Å²) in [5.74, 6) is -1.61. The first-order valence-corrected chi connectivity index (χ1v) is 9.64. The maximum Gasteiger partial charge on any atom is 0.270 e. The fourth-order valence-electron chi connectivity index (χ4n) is 2.51. The van der Waals surface area contributed by atoms with E-state index < -0.39 is 37.3 Å². The molecule has 11 nitrogen and oxygen atoms in total. The number of carbonyl (C=O) groups is 2. The minimum atomic E-state index is -4.49. The van der Waals surface area contributed by atoms with E-state index in [0.29, 0.717) is 0 Å². The fraction of sp³-hybridized carbons (Fsp3) is 0.125. The second kappa shape index (κ2) is 7.56. The topological polar surface area (TPSA) is 154 Å². The van der Waals surface area contributed by atoms with Crippen LogP contribution in [0.2, 0.25) is 5.02 Å². The zero-order valence-electron chi connectivity index (χ0n) is 14.6. The lowest BCUT2D eigenvalue weighted by Gasteiger charge is -2.19. The van der Waals surface area contributed by atoms with E-state index in [-0.39, 0.29) is 34.4 Å². The summed E-state index contributed by atoms with van der Waals surface area (Å²) < 4.78 is 37.2. The van der Waals surface area contributed by atoms with Crippen molar-refractivity contribution in [1.29, 1.82) is 0 Å². The van der Waals surface area contributed by atoms with E-state index in [2.05, 4.69) is 5.32 Å². The number of sulfonamides is 1. The Bertz CT molecular complexity index is 1150. The first-order chi connectivity index (χ1) is 13.6. The lowest BCUT2D eigenvalue weighted by molar-refractivity contribution is -0.384. The summed E-state index contributed by atoms with van der Waals surface area (Å²) in [6.07, 6.45) is 0. The van der Waals surface area contributed by atoms with Gasteiger partial charge in [-0.25, -0.2) is 13.1 Å². The molecule has 0 aliphatic carbocycles. The van der Waals surface area contributed by atoms with Crippen molar-refractivity contribution in [2.24, 2.45) is 0 Å². The summed E-state index contributed by atoms with van der Waals surface area (Å²) >= 11 is 6.00. The van der Waals surface area contributed by atoms with Gasteiger partial charge in [-0.05, 0) is 12.1 Å². The number of methoxy groups -OCH3 is 1. The molecule has 29 heavy (non-hydrogen) atoms. The molecule has 0 bridgehead atoms. The Kier molecular flexibility index (Phi) is 5.31. The zero-order chi connectivity index (χ0) is 21.3. The second-order valence-corrected chi connectivity index (χ2v) is 7.75. The number of hydrogen-bond acceptors (Lipinski definition) is 8. The van der Waals surface area contributed by atoms with Gasteiger partial charge in [0.1, 0.15) is 16.4 Å². The molecule has 2 N–H and O–H groups in total. The zero-order valence-corrected chi connectivity index (χ0v) is 16.2. The Morgan fingerprint density at radius 3 is 2.72 bits per heavy atom. The standard InChI is InChI=1S/C16H12ClN3O8S/c1-27-12-3-2-8(20(23)24)4-9(12)16(22)19-29(25,26)14-6-13-11(5-10(14)17)18-15(21)7-28-13/h2-6H,7H2,1H3,(H,18,21)(H,19,22). The van der Waals surface area contributed by atoms with Gasteiger partial charge in [-0.2, -0.15) is 0 Å². The molecule has 1 aliphatic rings. The van der Waals surface area contributed by atoms with Crippen LogP contribution in [0.25, 0.3) is 0 Å². The number of rotatable bonds is 5. The number of amides is 2. The molecule has 13 heteroatoms. The van der Waals surface area contributed by atoms with Crippen molar-refractivity contribution in [2.45, 2.75) is 4.90 Å². The summed E-state index contributed by atoms with van der Waals surface area (Å²) in [7, 11) is -3.27. The molecule has 3 rings (SSSR count). The van der Waals surface area contributed by atoms with E-state index >= 15 is 0 Å². The molecule has 0 radical (unpaired) electrons. The molecule has 2 amide bonds. The van der Waals surface area contributed by atoms with Gasteiger partial charge in [-0.1, -0.05) is 11.6 Å². The number of fused-ring (bicyclic) bond motifs is 1. The van der Waals surface area contributed by atoms with Crippen molar-refractivity contribution in [3.05, 3.63) is 51.0 Å². The maximum atomic E-state index is 12.7. The van der Waals surface area contributed by atoms with Crippen LogP contribution in [0.5, 0.6) is 11.5 Å². The largest absolute Gasteiger partial charge is 0.496 e. The first-order valence-electron chi connectivity index (χ1n) is 7.78. The Balaban J connectivity index is 1.96. The minimum absolute atomic E-state index is 0.0507. The summed E-state index contributed by atoms with van der Waals surface area (Å²) in [4.78, 5) is 33.6. The van der Waals surface area contributed by atoms with Crippen LogP contribution in [0.3, 0.4) is 0 Å². The molecule has 0 fully saturated rings. The highest BCUT2D eigenvalue weighted by atomic mass is 35.5. The lowest BCUT2D eigenvalue weighted by atomic mass is 10.1. The van der Waals surface area contributed by atoms with E-state index in [4.69, 9.17) is 21.1 Å². The van der Waals surface area contributed by atoms with E-state index in [1.54, 1.807) is 4.72 Å². The molecule has 1 aliphatic heterocycles.